The fraction of sp³-hybridized carbons (Fsp3) is 0.263. The highest BCUT2D eigenvalue weighted by molar-refractivity contribution is 5.74. The summed E-state index contributed by atoms with van der Waals surface area (Å²) in [6, 6.07) is 7.81. The number of urea groups is 1. The van der Waals surface area contributed by atoms with Gasteiger partial charge in [-0.1, -0.05) is 30.3 Å². The minimum atomic E-state index is -1.83. The normalized spacial score (nSPS) is 11.7. The second kappa shape index (κ2) is 9.72. The molecule has 0 saturated carbocycles. The zero-order valence-electron chi connectivity index (χ0n) is 14.6. The van der Waals surface area contributed by atoms with Crippen LogP contribution in [0.4, 0.5) is 22.4 Å². The standard InChI is InChI=1S/C19H18F4N2O3/c20-14-9-15(21)18(23)17(22)13(14)10-24-19(28)25-12(6-7-16(26)27)8-11-4-2-1-3-5-11/h1-5,9,12H,6-8,10H2,(H,26,27)(H2,24,25,28). The zero-order valence-corrected chi connectivity index (χ0v) is 14.6. The molecular weight excluding hydrogens is 380 g/mol. The van der Waals surface area contributed by atoms with Gasteiger partial charge in [-0.2, -0.15) is 0 Å². The number of carboxylic acid groups (broad SMARTS) is 1. The summed E-state index contributed by atoms with van der Waals surface area (Å²) in [5.74, 6) is -7.58. The van der Waals surface area contributed by atoms with E-state index >= 15 is 0 Å². The summed E-state index contributed by atoms with van der Waals surface area (Å²) in [5.41, 5.74) is 0.0371. The third kappa shape index (κ3) is 5.97. The summed E-state index contributed by atoms with van der Waals surface area (Å²) in [6.07, 6.45) is 0.283. The van der Waals surface area contributed by atoms with Crippen molar-refractivity contribution in [2.75, 3.05) is 0 Å². The van der Waals surface area contributed by atoms with Crippen LogP contribution in [0.1, 0.15) is 24.0 Å². The Kier molecular flexibility index (Phi) is 7.36. The Bertz CT molecular complexity index is 847. The highest BCUT2D eigenvalue weighted by Gasteiger charge is 2.20. The molecule has 28 heavy (non-hydrogen) atoms. The van der Waals surface area contributed by atoms with Crippen LogP contribution < -0.4 is 10.6 Å². The fourth-order valence-corrected chi connectivity index (χ4v) is 2.59. The van der Waals surface area contributed by atoms with Gasteiger partial charge in [0.25, 0.3) is 0 Å². The lowest BCUT2D eigenvalue weighted by Crippen LogP contribution is -2.43. The number of amides is 2. The maximum atomic E-state index is 13.6. The van der Waals surface area contributed by atoms with Crippen LogP contribution in [0.15, 0.2) is 36.4 Å². The van der Waals surface area contributed by atoms with E-state index in [0.29, 0.717) is 6.42 Å². The van der Waals surface area contributed by atoms with Gasteiger partial charge in [-0.05, 0) is 18.4 Å². The van der Waals surface area contributed by atoms with Crippen molar-refractivity contribution in [3.8, 4) is 0 Å². The summed E-state index contributed by atoms with van der Waals surface area (Å²) in [4.78, 5) is 22.9. The van der Waals surface area contributed by atoms with Crippen LogP contribution in [0.25, 0.3) is 0 Å². The molecule has 0 spiro atoms. The number of halogens is 4. The van der Waals surface area contributed by atoms with E-state index in [1.165, 1.54) is 0 Å². The predicted molar refractivity (Wildman–Crippen MR) is 92.4 cm³/mol. The number of aliphatic carboxylic acids is 1. The number of hydrogen-bond acceptors (Lipinski definition) is 2. The number of rotatable bonds is 8. The van der Waals surface area contributed by atoms with Crippen molar-refractivity contribution in [1.29, 1.82) is 0 Å². The molecule has 0 heterocycles. The van der Waals surface area contributed by atoms with Crippen LogP contribution in [0, 0.1) is 23.3 Å². The molecule has 0 radical (unpaired) electrons. The van der Waals surface area contributed by atoms with Crippen molar-refractivity contribution in [2.45, 2.75) is 31.8 Å². The Hall–Kier alpha value is -3.10. The minimum Gasteiger partial charge on any atom is -0.481 e. The number of carboxylic acids is 1. The average molecular weight is 398 g/mol. The second-order valence-electron chi connectivity index (χ2n) is 6.09. The Morgan fingerprint density at radius 2 is 1.68 bits per heavy atom. The molecule has 0 fully saturated rings. The molecule has 0 aliphatic rings. The van der Waals surface area contributed by atoms with Gasteiger partial charge in [-0.25, -0.2) is 22.4 Å². The maximum absolute atomic E-state index is 13.6. The third-order valence-corrected chi connectivity index (χ3v) is 4.00. The first-order valence-corrected chi connectivity index (χ1v) is 8.40. The van der Waals surface area contributed by atoms with E-state index in [9.17, 15) is 27.2 Å². The van der Waals surface area contributed by atoms with Crippen molar-refractivity contribution in [3.05, 3.63) is 70.8 Å². The summed E-state index contributed by atoms with van der Waals surface area (Å²) in [5, 5.41) is 13.5. The molecule has 0 aliphatic carbocycles. The van der Waals surface area contributed by atoms with E-state index in [-0.39, 0.29) is 18.9 Å². The molecule has 0 saturated heterocycles. The Morgan fingerprint density at radius 3 is 2.32 bits per heavy atom. The van der Waals surface area contributed by atoms with Gasteiger partial charge in [0.15, 0.2) is 17.5 Å². The monoisotopic (exact) mass is 398 g/mol. The van der Waals surface area contributed by atoms with Crippen molar-refractivity contribution < 1.29 is 32.3 Å². The first-order valence-electron chi connectivity index (χ1n) is 8.40. The van der Waals surface area contributed by atoms with Gasteiger partial charge in [-0.3, -0.25) is 4.79 Å². The molecule has 5 nitrogen and oxygen atoms in total. The number of carbonyl (C=O) groups is 2. The molecular formula is C19H18F4N2O3. The smallest absolute Gasteiger partial charge is 0.315 e. The molecule has 9 heteroatoms. The van der Waals surface area contributed by atoms with Crippen molar-refractivity contribution in [2.24, 2.45) is 0 Å². The molecule has 0 bridgehead atoms. The van der Waals surface area contributed by atoms with Crippen LogP contribution >= 0.6 is 0 Å². The van der Waals surface area contributed by atoms with Gasteiger partial charge < -0.3 is 15.7 Å². The second-order valence-corrected chi connectivity index (χ2v) is 6.09. The van der Waals surface area contributed by atoms with E-state index in [1.807, 2.05) is 0 Å². The number of carbonyl (C=O) groups excluding carboxylic acids is 1. The Morgan fingerprint density at radius 1 is 1.00 bits per heavy atom. The first-order chi connectivity index (χ1) is 13.3. The van der Waals surface area contributed by atoms with E-state index in [0.717, 1.165) is 5.56 Å². The number of nitrogens with one attached hydrogen (secondary N) is 2. The van der Waals surface area contributed by atoms with Crippen molar-refractivity contribution in [3.63, 3.8) is 0 Å². The summed E-state index contributed by atoms with van der Waals surface area (Å²) >= 11 is 0. The summed E-state index contributed by atoms with van der Waals surface area (Å²) in [7, 11) is 0. The summed E-state index contributed by atoms with van der Waals surface area (Å²) in [6.45, 7) is -0.711. The molecule has 0 aromatic heterocycles. The molecule has 150 valence electrons. The van der Waals surface area contributed by atoms with E-state index in [2.05, 4.69) is 10.6 Å². The van der Waals surface area contributed by atoms with Crippen LogP contribution in [0.5, 0.6) is 0 Å². The third-order valence-electron chi connectivity index (χ3n) is 4.00. The van der Waals surface area contributed by atoms with Gasteiger partial charge in [-0.15, -0.1) is 0 Å². The molecule has 0 aliphatic heterocycles. The van der Waals surface area contributed by atoms with E-state index in [4.69, 9.17) is 5.11 Å². The minimum absolute atomic E-state index is 0.131. The topological polar surface area (TPSA) is 78.4 Å². The highest BCUT2D eigenvalue weighted by atomic mass is 19.2. The Labute approximate surface area is 158 Å². The number of hydrogen-bond donors (Lipinski definition) is 3. The van der Waals surface area contributed by atoms with Crippen molar-refractivity contribution >= 4 is 12.0 Å². The SMILES string of the molecule is O=C(O)CCC(Cc1ccccc1)NC(=O)NCc1c(F)cc(F)c(F)c1F. The lowest BCUT2D eigenvalue weighted by atomic mass is 10.0. The lowest BCUT2D eigenvalue weighted by Gasteiger charge is -2.19. The summed E-state index contributed by atoms with van der Waals surface area (Å²) < 4.78 is 53.4. The highest BCUT2D eigenvalue weighted by Crippen LogP contribution is 2.19. The molecule has 3 N–H and O–H groups in total. The van der Waals surface area contributed by atoms with Gasteiger partial charge in [0.05, 0.1) is 6.54 Å². The number of benzene rings is 2. The van der Waals surface area contributed by atoms with Gasteiger partial charge in [0.2, 0.25) is 0 Å². The molecule has 2 rings (SSSR count). The first kappa shape index (κ1) is 21.2. The quantitative estimate of drug-likeness (QED) is 0.362. The van der Waals surface area contributed by atoms with E-state index < -0.39 is 53.4 Å². The van der Waals surface area contributed by atoms with Crippen LogP contribution in [-0.2, 0) is 17.8 Å². The van der Waals surface area contributed by atoms with Crippen LogP contribution in [-0.4, -0.2) is 23.1 Å². The zero-order chi connectivity index (χ0) is 20.7. The largest absolute Gasteiger partial charge is 0.481 e. The molecule has 1 atom stereocenters. The Balaban J connectivity index is 2.01. The fourth-order valence-electron chi connectivity index (χ4n) is 2.59. The van der Waals surface area contributed by atoms with Crippen LogP contribution in [0.2, 0.25) is 0 Å². The van der Waals surface area contributed by atoms with Gasteiger partial charge in [0, 0.05) is 24.1 Å². The maximum Gasteiger partial charge on any atom is 0.315 e. The average Bonchev–Trinajstić information content (AvgIpc) is 2.65. The van der Waals surface area contributed by atoms with Crippen LogP contribution in [0.3, 0.4) is 0 Å². The molecule has 2 aromatic carbocycles. The lowest BCUT2D eigenvalue weighted by molar-refractivity contribution is -0.137. The molecule has 1 unspecified atom stereocenters. The van der Waals surface area contributed by atoms with Gasteiger partial charge >= 0.3 is 12.0 Å². The van der Waals surface area contributed by atoms with Crippen molar-refractivity contribution in [1.82, 2.24) is 10.6 Å². The molecule has 2 amide bonds. The van der Waals surface area contributed by atoms with Gasteiger partial charge in [0.1, 0.15) is 5.82 Å². The molecule has 2 aromatic rings. The predicted octanol–water partition coefficient (Wildman–Crippen LogP) is 3.52. The van der Waals surface area contributed by atoms with E-state index in [1.54, 1.807) is 30.3 Å².